The molecule has 4 rings (SSSR count). The predicted molar refractivity (Wildman–Crippen MR) is 107 cm³/mol. The number of hydrogen-bond acceptors (Lipinski definition) is 5. The van der Waals surface area contributed by atoms with Gasteiger partial charge in [-0.05, 0) is 35.8 Å². The predicted octanol–water partition coefficient (Wildman–Crippen LogP) is 2.72. The van der Waals surface area contributed by atoms with Crippen LogP contribution in [0.3, 0.4) is 0 Å². The van der Waals surface area contributed by atoms with Gasteiger partial charge in [0, 0.05) is 32.4 Å². The number of hydrogen-bond donors (Lipinski definition) is 0. The monoisotopic (exact) mass is 374 g/mol. The number of benzene rings is 1. The highest BCUT2D eigenvalue weighted by Crippen LogP contribution is 2.24. The summed E-state index contributed by atoms with van der Waals surface area (Å²) in [6.07, 6.45) is 6.35. The zero-order valence-corrected chi connectivity index (χ0v) is 15.7. The Balaban J connectivity index is 1.44. The summed E-state index contributed by atoms with van der Waals surface area (Å²) in [4.78, 5) is 21.3. The maximum Gasteiger partial charge on any atom is 0.255 e. The van der Waals surface area contributed by atoms with Gasteiger partial charge in [-0.25, -0.2) is 0 Å². The number of ether oxygens (including phenoxy) is 1. The van der Waals surface area contributed by atoms with Gasteiger partial charge >= 0.3 is 0 Å². The van der Waals surface area contributed by atoms with E-state index in [1.54, 1.807) is 12.4 Å². The summed E-state index contributed by atoms with van der Waals surface area (Å²) in [5, 5.41) is 8.92. The normalized spacial score (nSPS) is 17.0. The third-order valence-electron chi connectivity index (χ3n) is 5.23. The number of morpholine rings is 1. The highest BCUT2D eigenvalue weighted by Gasteiger charge is 2.21. The van der Waals surface area contributed by atoms with Crippen LogP contribution < -0.4 is 4.90 Å². The van der Waals surface area contributed by atoms with Gasteiger partial charge in [0.1, 0.15) is 0 Å². The van der Waals surface area contributed by atoms with E-state index in [9.17, 15) is 4.79 Å². The SMILES string of the molecule is N#Cc1ccc(C2=CCN(C(=O)c3cncc(N4CCOCC4)c3)CC2)cc1. The van der Waals surface area contributed by atoms with E-state index in [1.807, 2.05) is 35.2 Å². The topological polar surface area (TPSA) is 69.5 Å². The van der Waals surface area contributed by atoms with Crippen molar-refractivity contribution in [2.45, 2.75) is 6.42 Å². The number of rotatable bonds is 3. The molecule has 1 aromatic carbocycles. The first kappa shape index (κ1) is 18.2. The van der Waals surface area contributed by atoms with E-state index in [0.29, 0.717) is 37.4 Å². The van der Waals surface area contributed by atoms with Gasteiger partial charge in [0.25, 0.3) is 5.91 Å². The minimum absolute atomic E-state index is 0.0118. The molecule has 28 heavy (non-hydrogen) atoms. The van der Waals surface area contributed by atoms with E-state index in [-0.39, 0.29) is 5.91 Å². The van der Waals surface area contributed by atoms with Crippen LogP contribution in [0, 0.1) is 11.3 Å². The summed E-state index contributed by atoms with van der Waals surface area (Å²) in [5.41, 5.74) is 4.58. The van der Waals surface area contributed by atoms with Crippen molar-refractivity contribution in [1.82, 2.24) is 9.88 Å². The lowest BCUT2D eigenvalue weighted by Crippen LogP contribution is -2.37. The summed E-state index contributed by atoms with van der Waals surface area (Å²) >= 11 is 0. The lowest BCUT2D eigenvalue weighted by atomic mass is 9.98. The van der Waals surface area contributed by atoms with Crippen LogP contribution >= 0.6 is 0 Å². The summed E-state index contributed by atoms with van der Waals surface area (Å²) in [6, 6.07) is 11.7. The van der Waals surface area contributed by atoms with Crippen LogP contribution in [0.4, 0.5) is 5.69 Å². The number of amides is 1. The zero-order chi connectivity index (χ0) is 19.3. The maximum absolute atomic E-state index is 12.9. The van der Waals surface area contributed by atoms with Crippen LogP contribution in [0.25, 0.3) is 5.57 Å². The van der Waals surface area contributed by atoms with Crippen molar-refractivity contribution < 1.29 is 9.53 Å². The number of nitrogens with zero attached hydrogens (tertiary/aromatic N) is 4. The minimum atomic E-state index is 0.0118. The highest BCUT2D eigenvalue weighted by molar-refractivity contribution is 5.95. The molecule has 6 heteroatoms. The van der Waals surface area contributed by atoms with Crippen molar-refractivity contribution >= 4 is 17.2 Å². The molecule has 1 saturated heterocycles. The highest BCUT2D eigenvalue weighted by atomic mass is 16.5. The first-order valence-electron chi connectivity index (χ1n) is 9.51. The Bertz CT molecular complexity index is 924. The minimum Gasteiger partial charge on any atom is -0.378 e. The van der Waals surface area contributed by atoms with Gasteiger partial charge in [0.05, 0.1) is 42.3 Å². The molecule has 0 atom stereocenters. The van der Waals surface area contributed by atoms with E-state index in [1.165, 1.54) is 5.57 Å². The molecule has 1 aromatic heterocycles. The van der Waals surface area contributed by atoms with Crippen molar-refractivity contribution in [3.05, 3.63) is 65.5 Å². The lowest BCUT2D eigenvalue weighted by Gasteiger charge is -2.29. The van der Waals surface area contributed by atoms with E-state index in [2.05, 4.69) is 22.0 Å². The quantitative estimate of drug-likeness (QED) is 0.826. The van der Waals surface area contributed by atoms with Gasteiger partial charge in [0.2, 0.25) is 0 Å². The molecule has 142 valence electrons. The van der Waals surface area contributed by atoms with Crippen molar-refractivity contribution in [1.29, 1.82) is 5.26 Å². The summed E-state index contributed by atoms with van der Waals surface area (Å²) < 4.78 is 5.39. The fourth-order valence-electron chi connectivity index (χ4n) is 3.60. The molecule has 0 aliphatic carbocycles. The smallest absolute Gasteiger partial charge is 0.255 e. The number of anilines is 1. The fourth-order valence-corrected chi connectivity index (χ4v) is 3.60. The third kappa shape index (κ3) is 3.90. The van der Waals surface area contributed by atoms with Gasteiger partial charge in [-0.3, -0.25) is 9.78 Å². The molecule has 2 aliphatic rings. The van der Waals surface area contributed by atoms with Crippen LogP contribution in [0.2, 0.25) is 0 Å². The fraction of sp³-hybridized carbons (Fsp3) is 0.318. The lowest BCUT2D eigenvalue weighted by molar-refractivity contribution is 0.0772. The molecule has 2 aliphatic heterocycles. The van der Waals surface area contributed by atoms with Crippen LogP contribution in [0.15, 0.2) is 48.8 Å². The number of nitriles is 1. The van der Waals surface area contributed by atoms with Gasteiger partial charge in [-0.1, -0.05) is 18.2 Å². The van der Waals surface area contributed by atoms with Crippen LogP contribution in [-0.2, 0) is 4.74 Å². The first-order chi connectivity index (χ1) is 13.7. The van der Waals surface area contributed by atoms with Gasteiger partial charge in [-0.2, -0.15) is 5.26 Å². The first-order valence-corrected chi connectivity index (χ1v) is 9.51. The van der Waals surface area contributed by atoms with Crippen molar-refractivity contribution in [3.63, 3.8) is 0 Å². The molecule has 0 spiro atoms. The molecule has 6 nitrogen and oxygen atoms in total. The van der Waals surface area contributed by atoms with Crippen LogP contribution in [0.5, 0.6) is 0 Å². The molecular formula is C22H22N4O2. The molecule has 0 unspecified atom stereocenters. The number of aromatic nitrogens is 1. The molecule has 0 N–H and O–H groups in total. The number of carbonyl (C=O) groups excluding carboxylic acids is 1. The second kappa shape index (κ2) is 8.24. The molecule has 0 bridgehead atoms. The van der Waals surface area contributed by atoms with Gasteiger partial charge < -0.3 is 14.5 Å². The van der Waals surface area contributed by atoms with Crippen molar-refractivity contribution in [2.24, 2.45) is 0 Å². The second-order valence-corrected chi connectivity index (χ2v) is 6.95. The van der Waals surface area contributed by atoms with Crippen molar-refractivity contribution in [3.8, 4) is 6.07 Å². The van der Waals surface area contributed by atoms with Crippen LogP contribution in [0.1, 0.15) is 27.9 Å². The molecule has 1 amide bonds. The van der Waals surface area contributed by atoms with Gasteiger partial charge in [0.15, 0.2) is 0 Å². The average Bonchev–Trinajstić information content (AvgIpc) is 2.79. The largest absolute Gasteiger partial charge is 0.378 e. The third-order valence-corrected chi connectivity index (χ3v) is 5.23. The number of pyridine rings is 1. The molecule has 3 heterocycles. The summed E-state index contributed by atoms with van der Waals surface area (Å²) in [6.45, 7) is 4.29. The molecule has 0 radical (unpaired) electrons. The summed E-state index contributed by atoms with van der Waals surface area (Å²) in [5.74, 6) is 0.0118. The summed E-state index contributed by atoms with van der Waals surface area (Å²) in [7, 11) is 0. The van der Waals surface area contributed by atoms with E-state index >= 15 is 0 Å². The zero-order valence-electron chi connectivity index (χ0n) is 15.7. The molecule has 2 aromatic rings. The van der Waals surface area contributed by atoms with Crippen LogP contribution in [-0.4, -0.2) is 55.2 Å². The Hall–Kier alpha value is -3.17. The Morgan fingerprint density at radius 1 is 1.11 bits per heavy atom. The second-order valence-electron chi connectivity index (χ2n) is 6.95. The molecule has 1 fully saturated rings. The number of carbonyl (C=O) groups is 1. The van der Waals surface area contributed by atoms with Gasteiger partial charge in [-0.15, -0.1) is 0 Å². The Morgan fingerprint density at radius 3 is 2.57 bits per heavy atom. The Kier molecular flexibility index (Phi) is 5.36. The van der Waals surface area contributed by atoms with Crippen molar-refractivity contribution in [2.75, 3.05) is 44.3 Å². The molecule has 0 saturated carbocycles. The maximum atomic E-state index is 12.9. The van der Waals surface area contributed by atoms with E-state index < -0.39 is 0 Å². The standard InChI is InChI=1S/C22H22N4O2/c23-14-17-1-3-18(4-2-17)19-5-7-26(8-6-19)22(27)20-13-21(16-24-15-20)25-9-11-28-12-10-25/h1-5,13,15-16H,6-12H2. The van der Waals surface area contributed by atoms with E-state index in [4.69, 9.17) is 10.00 Å². The Morgan fingerprint density at radius 2 is 1.89 bits per heavy atom. The van der Waals surface area contributed by atoms with E-state index in [0.717, 1.165) is 30.8 Å². The molecular weight excluding hydrogens is 352 g/mol. The Labute approximate surface area is 164 Å². The average molecular weight is 374 g/mol.